The minimum Gasteiger partial charge on any atom is -0.495 e. The van der Waals surface area contributed by atoms with Crippen molar-refractivity contribution in [3.05, 3.63) is 28.8 Å². The molecule has 0 atom stereocenters. The van der Waals surface area contributed by atoms with Gasteiger partial charge in [0, 0.05) is 11.0 Å². The Morgan fingerprint density at radius 2 is 2.00 bits per heavy atom. The lowest BCUT2D eigenvalue weighted by Gasteiger charge is -2.29. The average molecular weight is 295 g/mol. The lowest BCUT2D eigenvalue weighted by atomic mass is 9.73. The van der Waals surface area contributed by atoms with Gasteiger partial charge in [-0.05, 0) is 43.4 Å². The first-order valence-electron chi connectivity index (χ1n) is 7.37. The van der Waals surface area contributed by atoms with E-state index in [0.717, 1.165) is 37.7 Å². The highest BCUT2D eigenvalue weighted by molar-refractivity contribution is 6.32. The zero-order valence-electron chi connectivity index (χ0n) is 12.5. The Labute approximate surface area is 126 Å². The largest absolute Gasteiger partial charge is 0.495 e. The van der Waals surface area contributed by atoms with Crippen LogP contribution in [0.25, 0.3) is 0 Å². The third-order valence-electron chi connectivity index (χ3n) is 4.26. The summed E-state index contributed by atoms with van der Waals surface area (Å²) in [6.45, 7) is 4.38. The molecule has 0 bridgehead atoms. The first-order valence-corrected chi connectivity index (χ1v) is 7.75. The fourth-order valence-corrected chi connectivity index (χ4v) is 3.73. The summed E-state index contributed by atoms with van der Waals surface area (Å²) >= 11 is 6.15. The summed E-state index contributed by atoms with van der Waals surface area (Å²) in [5.74, 6) is 1.41. The van der Waals surface area contributed by atoms with Gasteiger partial charge >= 0.3 is 0 Å². The lowest BCUT2D eigenvalue weighted by Crippen LogP contribution is -2.30. The number of halogens is 1. The number of Topliss-reactive ketones (excluding diaryl/α,β-unsaturated/α-hetero) is 1. The number of rotatable bonds is 5. The van der Waals surface area contributed by atoms with Crippen LogP contribution in [0, 0.1) is 11.3 Å². The van der Waals surface area contributed by atoms with Gasteiger partial charge in [0.2, 0.25) is 0 Å². The van der Waals surface area contributed by atoms with Crippen LogP contribution in [-0.2, 0) is 0 Å². The number of hydrogen-bond acceptors (Lipinski definition) is 2. The van der Waals surface area contributed by atoms with E-state index in [9.17, 15) is 4.79 Å². The maximum atomic E-state index is 13.0. The topological polar surface area (TPSA) is 26.3 Å². The van der Waals surface area contributed by atoms with Crippen LogP contribution in [0.4, 0.5) is 0 Å². The zero-order chi connectivity index (χ0) is 14.8. The molecule has 0 saturated heterocycles. The van der Waals surface area contributed by atoms with Crippen molar-refractivity contribution in [2.24, 2.45) is 11.3 Å². The minimum atomic E-state index is -0.175. The van der Waals surface area contributed by atoms with E-state index in [1.54, 1.807) is 19.2 Å². The van der Waals surface area contributed by atoms with Crippen molar-refractivity contribution in [2.75, 3.05) is 7.11 Å². The van der Waals surface area contributed by atoms with Gasteiger partial charge < -0.3 is 4.74 Å². The van der Waals surface area contributed by atoms with Gasteiger partial charge in [0.15, 0.2) is 5.78 Å². The third kappa shape index (κ3) is 3.01. The highest BCUT2D eigenvalue weighted by Gasteiger charge is 2.41. The third-order valence-corrected chi connectivity index (χ3v) is 4.55. The van der Waals surface area contributed by atoms with Crippen LogP contribution in [0.15, 0.2) is 18.2 Å². The van der Waals surface area contributed by atoms with Gasteiger partial charge in [-0.2, -0.15) is 0 Å². The van der Waals surface area contributed by atoms with Crippen LogP contribution < -0.4 is 4.74 Å². The van der Waals surface area contributed by atoms with Crippen LogP contribution in [0.3, 0.4) is 0 Å². The number of benzene rings is 1. The SMILES string of the molecule is COc1ccc(C(=O)C2(CC(C)C)CCCC2)cc1Cl. The lowest BCUT2D eigenvalue weighted by molar-refractivity contribution is 0.0760. The Bertz CT molecular complexity index is 488. The molecule has 0 aliphatic heterocycles. The number of methoxy groups -OCH3 is 1. The summed E-state index contributed by atoms with van der Waals surface area (Å²) in [5, 5.41) is 0.510. The smallest absolute Gasteiger partial charge is 0.169 e. The van der Waals surface area contributed by atoms with Crippen molar-refractivity contribution in [2.45, 2.75) is 46.0 Å². The van der Waals surface area contributed by atoms with Gasteiger partial charge in [0.05, 0.1) is 12.1 Å². The molecule has 2 nitrogen and oxygen atoms in total. The van der Waals surface area contributed by atoms with Crippen LogP contribution in [-0.4, -0.2) is 12.9 Å². The quantitative estimate of drug-likeness (QED) is 0.703. The van der Waals surface area contributed by atoms with E-state index >= 15 is 0 Å². The second kappa shape index (κ2) is 6.17. The Morgan fingerprint density at radius 3 is 2.50 bits per heavy atom. The number of hydrogen-bond donors (Lipinski definition) is 0. The maximum Gasteiger partial charge on any atom is 0.169 e. The van der Waals surface area contributed by atoms with E-state index in [2.05, 4.69) is 13.8 Å². The van der Waals surface area contributed by atoms with Crippen LogP contribution in [0.1, 0.15) is 56.3 Å². The van der Waals surface area contributed by atoms with Crippen molar-refractivity contribution in [1.29, 1.82) is 0 Å². The van der Waals surface area contributed by atoms with Crippen molar-refractivity contribution < 1.29 is 9.53 Å². The molecule has 0 N–H and O–H groups in total. The van der Waals surface area contributed by atoms with E-state index in [4.69, 9.17) is 16.3 Å². The van der Waals surface area contributed by atoms with Crippen LogP contribution >= 0.6 is 11.6 Å². The molecular weight excluding hydrogens is 272 g/mol. The van der Waals surface area contributed by atoms with Gasteiger partial charge in [-0.1, -0.05) is 38.3 Å². The van der Waals surface area contributed by atoms with Gasteiger partial charge in [0.1, 0.15) is 5.75 Å². The predicted molar refractivity (Wildman–Crippen MR) is 82.7 cm³/mol. The summed E-state index contributed by atoms with van der Waals surface area (Å²) in [6, 6.07) is 5.38. The number of carbonyl (C=O) groups is 1. The summed E-state index contributed by atoms with van der Waals surface area (Å²) in [5.41, 5.74) is 0.546. The molecule has 0 heterocycles. The molecule has 20 heavy (non-hydrogen) atoms. The normalized spacial score (nSPS) is 17.4. The van der Waals surface area contributed by atoms with Gasteiger partial charge in [0.25, 0.3) is 0 Å². The molecule has 0 radical (unpaired) electrons. The standard InChI is InChI=1S/C17H23ClO2/c1-12(2)11-17(8-4-5-9-17)16(19)13-6-7-15(20-3)14(18)10-13/h6-7,10,12H,4-5,8-9,11H2,1-3H3. The molecule has 1 saturated carbocycles. The summed E-state index contributed by atoms with van der Waals surface area (Å²) in [6.07, 6.45) is 5.29. The van der Waals surface area contributed by atoms with Gasteiger partial charge in [-0.3, -0.25) is 4.79 Å². The Morgan fingerprint density at radius 1 is 1.35 bits per heavy atom. The monoisotopic (exact) mass is 294 g/mol. The molecule has 1 fully saturated rings. The zero-order valence-corrected chi connectivity index (χ0v) is 13.3. The molecule has 2 rings (SSSR count). The fourth-order valence-electron chi connectivity index (χ4n) is 3.47. The van der Waals surface area contributed by atoms with E-state index in [-0.39, 0.29) is 11.2 Å². The first kappa shape index (κ1) is 15.4. The van der Waals surface area contributed by atoms with Crippen LogP contribution in [0.2, 0.25) is 5.02 Å². The van der Waals surface area contributed by atoms with Crippen molar-refractivity contribution >= 4 is 17.4 Å². The van der Waals surface area contributed by atoms with Gasteiger partial charge in [-0.15, -0.1) is 0 Å². The molecule has 0 unspecified atom stereocenters. The average Bonchev–Trinajstić information content (AvgIpc) is 2.86. The number of carbonyl (C=O) groups excluding carboxylic acids is 1. The molecule has 1 aliphatic carbocycles. The molecule has 110 valence electrons. The predicted octanol–water partition coefficient (Wildman–Crippen LogP) is 5.14. The van der Waals surface area contributed by atoms with E-state index in [0.29, 0.717) is 16.7 Å². The molecule has 0 amide bonds. The second-order valence-electron chi connectivity index (χ2n) is 6.26. The van der Waals surface area contributed by atoms with Crippen LogP contribution in [0.5, 0.6) is 5.75 Å². The highest BCUT2D eigenvalue weighted by Crippen LogP contribution is 2.46. The van der Waals surface area contributed by atoms with Crippen molar-refractivity contribution in [3.8, 4) is 5.75 Å². The summed E-state index contributed by atoms with van der Waals surface area (Å²) in [4.78, 5) is 13.0. The Hall–Kier alpha value is -1.02. The molecule has 1 aromatic carbocycles. The van der Waals surface area contributed by atoms with Crippen molar-refractivity contribution in [1.82, 2.24) is 0 Å². The molecular formula is C17H23ClO2. The second-order valence-corrected chi connectivity index (χ2v) is 6.67. The summed E-state index contributed by atoms with van der Waals surface area (Å²) < 4.78 is 5.15. The summed E-state index contributed by atoms with van der Waals surface area (Å²) in [7, 11) is 1.58. The fraction of sp³-hybridized carbons (Fsp3) is 0.588. The maximum absolute atomic E-state index is 13.0. The van der Waals surface area contributed by atoms with E-state index < -0.39 is 0 Å². The minimum absolute atomic E-state index is 0.175. The molecule has 1 aromatic rings. The first-order chi connectivity index (χ1) is 9.48. The van der Waals surface area contributed by atoms with Gasteiger partial charge in [-0.25, -0.2) is 0 Å². The number of ether oxygens (including phenoxy) is 1. The Balaban J connectivity index is 2.30. The van der Waals surface area contributed by atoms with E-state index in [1.165, 1.54) is 0 Å². The van der Waals surface area contributed by atoms with E-state index in [1.807, 2.05) is 6.07 Å². The van der Waals surface area contributed by atoms with Crippen molar-refractivity contribution in [3.63, 3.8) is 0 Å². The highest BCUT2D eigenvalue weighted by atomic mass is 35.5. The number of ketones is 1. The molecule has 3 heteroatoms. The molecule has 1 aliphatic rings. The molecule has 0 spiro atoms. The Kier molecular flexibility index (Phi) is 4.74. The molecule has 0 aromatic heterocycles.